The Kier molecular flexibility index (Phi) is 5.16. The van der Waals surface area contributed by atoms with Crippen LogP contribution < -0.4 is 0 Å². The Hall–Kier alpha value is -1.92. The molecule has 0 radical (unpaired) electrons. The Morgan fingerprint density at radius 3 is 2.62 bits per heavy atom. The van der Waals surface area contributed by atoms with Gasteiger partial charge in [0.05, 0.1) is 18.1 Å². The normalized spacial score (nSPS) is 19.6. The van der Waals surface area contributed by atoms with E-state index in [1.54, 1.807) is 22.3 Å². The lowest BCUT2D eigenvalue weighted by Crippen LogP contribution is -2.39. The van der Waals surface area contributed by atoms with Crippen molar-refractivity contribution in [2.75, 3.05) is 11.5 Å². The summed E-state index contributed by atoms with van der Waals surface area (Å²) in [6.45, 7) is 0.454. The quantitative estimate of drug-likeness (QED) is 0.770. The lowest BCUT2D eigenvalue weighted by Gasteiger charge is -2.26. The van der Waals surface area contributed by atoms with E-state index >= 15 is 0 Å². The number of thiophene rings is 1. The molecule has 1 aromatic carbocycles. The summed E-state index contributed by atoms with van der Waals surface area (Å²) in [5.41, 5.74) is 0.945. The maximum atomic E-state index is 12.7. The zero-order valence-electron chi connectivity index (χ0n) is 13.2. The van der Waals surface area contributed by atoms with Crippen LogP contribution in [0.15, 0.2) is 53.9 Å². The minimum absolute atomic E-state index is 0.0588. The number of amides is 1. The first-order valence-electron chi connectivity index (χ1n) is 7.80. The van der Waals surface area contributed by atoms with E-state index in [0.29, 0.717) is 13.0 Å². The van der Waals surface area contributed by atoms with Gasteiger partial charge in [-0.15, -0.1) is 11.3 Å². The van der Waals surface area contributed by atoms with Gasteiger partial charge < -0.3 is 4.90 Å². The van der Waals surface area contributed by atoms with E-state index in [0.717, 1.165) is 10.4 Å². The Balaban J connectivity index is 1.78. The first-order valence-corrected chi connectivity index (χ1v) is 10.5. The highest BCUT2D eigenvalue weighted by molar-refractivity contribution is 7.91. The van der Waals surface area contributed by atoms with E-state index in [9.17, 15) is 13.2 Å². The fourth-order valence-corrected chi connectivity index (χ4v) is 5.24. The van der Waals surface area contributed by atoms with Crippen LogP contribution >= 0.6 is 11.3 Å². The van der Waals surface area contributed by atoms with Gasteiger partial charge in [0.2, 0.25) is 5.91 Å². The molecule has 1 unspecified atom stereocenters. The Bertz CT molecular complexity index is 811. The first kappa shape index (κ1) is 16.9. The average molecular weight is 361 g/mol. The van der Waals surface area contributed by atoms with E-state index in [1.165, 1.54) is 6.08 Å². The zero-order valence-corrected chi connectivity index (χ0v) is 14.8. The van der Waals surface area contributed by atoms with E-state index in [4.69, 9.17) is 0 Å². The summed E-state index contributed by atoms with van der Waals surface area (Å²) in [7, 11) is -3.03. The molecule has 1 fully saturated rings. The molecule has 0 N–H and O–H groups in total. The van der Waals surface area contributed by atoms with E-state index in [2.05, 4.69) is 0 Å². The molecule has 4 nitrogen and oxygen atoms in total. The fraction of sp³-hybridized carbons (Fsp3) is 0.278. The summed E-state index contributed by atoms with van der Waals surface area (Å²) >= 11 is 1.57. The van der Waals surface area contributed by atoms with Gasteiger partial charge in [0.1, 0.15) is 0 Å². The molecule has 1 aliphatic rings. The summed E-state index contributed by atoms with van der Waals surface area (Å²) in [6.07, 6.45) is 3.82. The smallest absolute Gasteiger partial charge is 0.247 e. The van der Waals surface area contributed by atoms with Crippen molar-refractivity contribution in [1.82, 2.24) is 4.90 Å². The van der Waals surface area contributed by atoms with Crippen molar-refractivity contribution in [3.05, 3.63) is 64.4 Å². The van der Waals surface area contributed by atoms with Crippen LogP contribution in [-0.2, 0) is 21.2 Å². The summed E-state index contributed by atoms with van der Waals surface area (Å²) in [5, 5.41) is 1.96. The molecular weight excluding hydrogens is 342 g/mol. The molecule has 1 aromatic heterocycles. The number of carbonyl (C=O) groups excluding carboxylic acids is 1. The molecule has 1 amide bonds. The SMILES string of the molecule is O=C(C=Cc1ccccc1)N(Cc1cccs1)C1CCS(=O)(=O)C1. The Morgan fingerprint density at radius 2 is 2.00 bits per heavy atom. The second kappa shape index (κ2) is 7.32. The van der Waals surface area contributed by atoms with E-state index < -0.39 is 9.84 Å². The van der Waals surface area contributed by atoms with Gasteiger partial charge in [-0.05, 0) is 29.5 Å². The number of sulfone groups is 1. The van der Waals surface area contributed by atoms with Gasteiger partial charge in [-0.1, -0.05) is 36.4 Å². The number of hydrogen-bond acceptors (Lipinski definition) is 4. The van der Waals surface area contributed by atoms with Crippen molar-refractivity contribution in [1.29, 1.82) is 0 Å². The third-order valence-corrected chi connectivity index (χ3v) is 6.67. The van der Waals surface area contributed by atoms with Gasteiger partial charge in [0.15, 0.2) is 9.84 Å². The van der Waals surface area contributed by atoms with Crippen LogP contribution in [0.25, 0.3) is 6.08 Å². The lowest BCUT2D eigenvalue weighted by atomic mass is 10.2. The lowest BCUT2D eigenvalue weighted by molar-refractivity contribution is -0.128. The van der Waals surface area contributed by atoms with Crippen LogP contribution in [0.1, 0.15) is 16.9 Å². The molecule has 24 heavy (non-hydrogen) atoms. The van der Waals surface area contributed by atoms with Crippen LogP contribution in [0.3, 0.4) is 0 Å². The summed E-state index contributed by atoms with van der Waals surface area (Å²) < 4.78 is 23.6. The number of benzene rings is 1. The standard InChI is InChI=1S/C18H19NO3S2/c20-18(9-8-15-5-2-1-3-6-15)19(13-17-7-4-11-23-17)16-10-12-24(21,22)14-16/h1-9,11,16H,10,12-14H2. The summed E-state index contributed by atoms with van der Waals surface area (Å²) in [6, 6.07) is 13.3. The molecule has 6 heteroatoms. The molecule has 1 saturated heterocycles. The zero-order chi connectivity index (χ0) is 17.0. The number of carbonyl (C=O) groups is 1. The molecule has 0 aliphatic carbocycles. The molecule has 126 valence electrons. The van der Waals surface area contributed by atoms with Gasteiger partial charge in [-0.3, -0.25) is 4.79 Å². The Labute approximate surface area is 146 Å². The minimum Gasteiger partial charge on any atom is -0.330 e. The first-order chi connectivity index (χ1) is 11.5. The maximum absolute atomic E-state index is 12.7. The number of hydrogen-bond donors (Lipinski definition) is 0. The summed E-state index contributed by atoms with van der Waals surface area (Å²) in [5.74, 6) is 0.0757. The van der Waals surface area contributed by atoms with Gasteiger partial charge in [-0.2, -0.15) is 0 Å². The number of rotatable bonds is 5. The molecule has 1 atom stereocenters. The van der Waals surface area contributed by atoms with Crippen molar-refractivity contribution < 1.29 is 13.2 Å². The van der Waals surface area contributed by atoms with E-state index in [-0.39, 0.29) is 23.5 Å². The van der Waals surface area contributed by atoms with Crippen LogP contribution in [0.5, 0.6) is 0 Å². The molecule has 3 rings (SSSR count). The molecule has 2 aromatic rings. The van der Waals surface area contributed by atoms with Crippen molar-refractivity contribution in [2.45, 2.75) is 19.0 Å². The van der Waals surface area contributed by atoms with E-state index in [1.807, 2.05) is 47.8 Å². The molecule has 0 saturated carbocycles. The largest absolute Gasteiger partial charge is 0.330 e. The second-order valence-electron chi connectivity index (χ2n) is 5.85. The van der Waals surface area contributed by atoms with Crippen molar-refractivity contribution in [3.63, 3.8) is 0 Å². The highest BCUT2D eigenvalue weighted by Crippen LogP contribution is 2.22. The third-order valence-electron chi connectivity index (χ3n) is 4.06. The maximum Gasteiger partial charge on any atom is 0.247 e. The van der Waals surface area contributed by atoms with Crippen LogP contribution in [-0.4, -0.2) is 36.8 Å². The minimum atomic E-state index is -3.03. The molecule has 2 heterocycles. The molecule has 0 bridgehead atoms. The van der Waals surface area contributed by atoms with Crippen molar-refractivity contribution in [2.24, 2.45) is 0 Å². The highest BCUT2D eigenvalue weighted by atomic mass is 32.2. The van der Waals surface area contributed by atoms with Crippen LogP contribution in [0.2, 0.25) is 0 Å². The molecular formula is C18H19NO3S2. The van der Waals surface area contributed by atoms with Gasteiger partial charge in [0.25, 0.3) is 0 Å². The number of nitrogens with zero attached hydrogens (tertiary/aromatic N) is 1. The third kappa shape index (κ3) is 4.33. The van der Waals surface area contributed by atoms with Gasteiger partial charge in [-0.25, -0.2) is 8.42 Å². The van der Waals surface area contributed by atoms with Gasteiger partial charge >= 0.3 is 0 Å². The molecule has 0 spiro atoms. The molecule has 1 aliphatic heterocycles. The Morgan fingerprint density at radius 1 is 1.21 bits per heavy atom. The summed E-state index contributed by atoms with van der Waals surface area (Å²) in [4.78, 5) is 15.4. The second-order valence-corrected chi connectivity index (χ2v) is 9.11. The topological polar surface area (TPSA) is 54.5 Å². The predicted molar refractivity (Wildman–Crippen MR) is 97.4 cm³/mol. The predicted octanol–water partition coefficient (Wildman–Crippen LogP) is 2.98. The van der Waals surface area contributed by atoms with Crippen LogP contribution in [0, 0.1) is 0 Å². The van der Waals surface area contributed by atoms with Crippen molar-refractivity contribution >= 4 is 33.2 Å². The van der Waals surface area contributed by atoms with Crippen molar-refractivity contribution in [3.8, 4) is 0 Å². The monoisotopic (exact) mass is 361 g/mol. The average Bonchev–Trinajstić information content (AvgIpc) is 3.20. The van der Waals surface area contributed by atoms with Gasteiger partial charge in [0, 0.05) is 17.0 Å². The fourth-order valence-electron chi connectivity index (χ4n) is 2.81. The van der Waals surface area contributed by atoms with Crippen LogP contribution in [0.4, 0.5) is 0 Å². The highest BCUT2D eigenvalue weighted by Gasteiger charge is 2.34.